The molecule has 0 spiro atoms. The van der Waals surface area contributed by atoms with Crippen LogP contribution >= 0.6 is 0 Å². The zero-order valence-electron chi connectivity index (χ0n) is 17.6. The van der Waals surface area contributed by atoms with Gasteiger partial charge in [0, 0.05) is 12.5 Å². The summed E-state index contributed by atoms with van der Waals surface area (Å²) in [6.07, 6.45) is 2.46. The van der Waals surface area contributed by atoms with E-state index in [-0.39, 0.29) is 30.1 Å². The van der Waals surface area contributed by atoms with Gasteiger partial charge in [0.1, 0.15) is 6.04 Å². The predicted octanol–water partition coefficient (Wildman–Crippen LogP) is 3.92. The number of imide groups is 1. The standard InChI is InChI=1S/C25H28N2O3/c1-17(2)19-10-12-21(13-11-19)27-23(28)16-22(25(27)30)26(24(29)20-8-9-20)15-14-18-6-4-3-5-7-18/h3-7,10-13,17,20,22H,8-9,14-16H2,1-2H3. The maximum absolute atomic E-state index is 13.2. The lowest BCUT2D eigenvalue weighted by Crippen LogP contribution is -2.47. The highest BCUT2D eigenvalue weighted by Gasteiger charge is 2.46. The highest BCUT2D eigenvalue weighted by molar-refractivity contribution is 6.23. The Kier molecular flexibility index (Phi) is 5.71. The molecule has 1 aliphatic heterocycles. The zero-order chi connectivity index (χ0) is 21.3. The molecule has 0 aromatic heterocycles. The molecule has 5 heteroatoms. The van der Waals surface area contributed by atoms with Gasteiger partial charge in [0.15, 0.2) is 0 Å². The average Bonchev–Trinajstić information content (AvgIpc) is 3.55. The van der Waals surface area contributed by atoms with Crippen LogP contribution in [0, 0.1) is 5.92 Å². The molecule has 2 aromatic carbocycles. The molecule has 2 aliphatic rings. The maximum atomic E-state index is 13.2. The number of carbonyl (C=O) groups excluding carboxylic acids is 3. The van der Waals surface area contributed by atoms with E-state index in [9.17, 15) is 14.4 Å². The van der Waals surface area contributed by atoms with E-state index >= 15 is 0 Å². The summed E-state index contributed by atoms with van der Waals surface area (Å²) in [6, 6.07) is 16.8. The van der Waals surface area contributed by atoms with Crippen LogP contribution in [0.3, 0.4) is 0 Å². The summed E-state index contributed by atoms with van der Waals surface area (Å²) in [7, 11) is 0. The molecule has 2 fully saturated rings. The van der Waals surface area contributed by atoms with Gasteiger partial charge in [-0.2, -0.15) is 0 Å². The third-order valence-corrected chi connectivity index (χ3v) is 6.01. The molecule has 156 valence electrons. The van der Waals surface area contributed by atoms with E-state index in [0.717, 1.165) is 24.0 Å². The fraction of sp³-hybridized carbons (Fsp3) is 0.400. The Hall–Kier alpha value is -2.95. The van der Waals surface area contributed by atoms with E-state index in [0.29, 0.717) is 24.6 Å². The number of hydrogen-bond donors (Lipinski definition) is 0. The summed E-state index contributed by atoms with van der Waals surface area (Å²) in [5.74, 6) is -0.145. The number of hydrogen-bond acceptors (Lipinski definition) is 3. The molecular formula is C25H28N2O3. The van der Waals surface area contributed by atoms with Crippen LogP contribution in [0.4, 0.5) is 5.69 Å². The molecule has 1 atom stereocenters. The van der Waals surface area contributed by atoms with Gasteiger partial charge in [-0.05, 0) is 48.4 Å². The second-order valence-electron chi connectivity index (χ2n) is 8.58. The van der Waals surface area contributed by atoms with E-state index in [1.54, 1.807) is 4.90 Å². The Labute approximate surface area is 177 Å². The first-order valence-corrected chi connectivity index (χ1v) is 10.8. The van der Waals surface area contributed by atoms with Crippen molar-refractivity contribution in [3.05, 3.63) is 65.7 Å². The van der Waals surface area contributed by atoms with Gasteiger partial charge in [0.25, 0.3) is 5.91 Å². The monoisotopic (exact) mass is 404 g/mol. The van der Waals surface area contributed by atoms with Crippen LogP contribution in [-0.2, 0) is 20.8 Å². The molecule has 1 saturated carbocycles. The van der Waals surface area contributed by atoms with Crippen molar-refractivity contribution in [1.29, 1.82) is 0 Å². The van der Waals surface area contributed by atoms with Crippen molar-refractivity contribution in [3.8, 4) is 0 Å². The van der Waals surface area contributed by atoms with Crippen molar-refractivity contribution in [2.24, 2.45) is 5.92 Å². The molecule has 30 heavy (non-hydrogen) atoms. The van der Waals surface area contributed by atoms with Crippen molar-refractivity contribution in [2.75, 3.05) is 11.4 Å². The van der Waals surface area contributed by atoms with Crippen LogP contribution in [-0.4, -0.2) is 35.2 Å². The van der Waals surface area contributed by atoms with Gasteiger partial charge in [0.2, 0.25) is 11.8 Å². The first kappa shape index (κ1) is 20.3. The van der Waals surface area contributed by atoms with Gasteiger partial charge in [-0.3, -0.25) is 14.4 Å². The summed E-state index contributed by atoms with van der Waals surface area (Å²) < 4.78 is 0. The summed E-state index contributed by atoms with van der Waals surface area (Å²) in [5.41, 5.74) is 2.85. The smallest absolute Gasteiger partial charge is 0.257 e. The highest BCUT2D eigenvalue weighted by atomic mass is 16.2. The summed E-state index contributed by atoms with van der Waals surface area (Å²) in [4.78, 5) is 41.9. The second kappa shape index (κ2) is 8.42. The number of nitrogens with zero attached hydrogens (tertiary/aromatic N) is 2. The largest absolute Gasteiger partial charge is 0.330 e. The molecule has 0 bridgehead atoms. The molecule has 3 amide bonds. The SMILES string of the molecule is CC(C)c1ccc(N2C(=O)CC(N(CCc3ccccc3)C(=O)C3CC3)C2=O)cc1. The number of rotatable bonds is 7. The average molecular weight is 405 g/mol. The molecule has 1 unspecified atom stereocenters. The third kappa shape index (κ3) is 4.16. The van der Waals surface area contributed by atoms with Crippen molar-refractivity contribution in [3.63, 3.8) is 0 Å². The minimum Gasteiger partial charge on any atom is -0.330 e. The van der Waals surface area contributed by atoms with E-state index < -0.39 is 6.04 Å². The predicted molar refractivity (Wildman–Crippen MR) is 116 cm³/mol. The fourth-order valence-electron chi connectivity index (χ4n) is 4.02. The second-order valence-corrected chi connectivity index (χ2v) is 8.58. The van der Waals surface area contributed by atoms with Gasteiger partial charge in [-0.15, -0.1) is 0 Å². The van der Waals surface area contributed by atoms with Crippen LogP contribution in [0.5, 0.6) is 0 Å². The molecule has 1 heterocycles. The molecule has 1 aliphatic carbocycles. The van der Waals surface area contributed by atoms with Crippen LogP contribution in [0.2, 0.25) is 0 Å². The summed E-state index contributed by atoms with van der Waals surface area (Å²) in [5, 5.41) is 0. The van der Waals surface area contributed by atoms with Crippen LogP contribution < -0.4 is 4.90 Å². The van der Waals surface area contributed by atoms with Crippen LogP contribution in [0.25, 0.3) is 0 Å². The molecule has 0 N–H and O–H groups in total. The van der Waals surface area contributed by atoms with Crippen molar-refractivity contribution in [2.45, 2.75) is 51.5 Å². The van der Waals surface area contributed by atoms with Crippen LogP contribution in [0.15, 0.2) is 54.6 Å². The molecular weight excluding hydrogens is 376 g/mol. The number of anilines is 1. The quantitative estimate of drug-likeness (QED) is 0.657. The van der Waals surface area contributed by atoms with E-state index in [1.807, 2.05) is 54.6 Å². The minimum absolute atomic E-state index is 0.00282. The van der Waals surface area contributed by atoms with Gasteiger partial charge in [-0.1, -0.05) is 56.3 Å². The number of amides is 3. The first-order chi connectivity index (χ1) is 14.5. The third-order valence-electron chi connectivity index (χ3n) is 6.01. The number of carbonyl (C=O) groups is 3. The fourth-order valence-corrected chi connectivity index (χ4v) is 4.02. The molecule has 4 rings (SSSR count). The van der Waals surface area contributed by atoms with Crippen molar-refractivity contribution in [1.82, 2.24) is 4.90 Å². The summed E-state index contributed by atoms with van der Waals surface area (Å²) in [6.45, 7) is 4.65. The van der Waals surface area contributed by atoms with Gasteiger partial charge >= 0.3 is 0 Å². The lowest BCUT2D eigenvalue weighted by Gasteiger charge is -2.28. The lowest BCUT2D eigenvalue weighted by atomic mass is 10.0. The topological polar surface area (TPSA) is 57.7 Å². The molecule has 1 saturated heterocycles. The Morgan fingerprint density at radius 3 is 2.30 bits per heavy atom. The highest BCUT2D eigenvalue weighted by Crippen LogP contribution is 2.34. The molecule has 5 nitrogen and oxygen atoms in total. The van der Waals surface area contributed by atoms with Crippen LogP contribution in [0.1, 0.15) is 50.2 Å². The van der Waals surface area contributed by atoms with E-state index in [4.69, 9.17) is 0 Å². The van der Waals surface area contributed by atoms with Gasteiger partial charge in [0.05, 0.1) is 12.1 Å². The van der Waals surface area contributed by atoms with E-state index in [2.05, 4.69) is 13.8 Å². The zero-order valence-corrected chi connectivity index (χ0v) is 17.6. The van der Waals surface area contributed by atoms with Crippen molar-refractivity contribution < 1.29 is 14.4 Å². The first-order valence-electron chi connectivity index (χ1n) is 10.8. The maximum Gasteiger partial charge on any atom is 0.257 e. The Morgan fingerprint density at radius 2 is 1.70 bits per heavy atom. The minimum atomic E-state index is -0.709. The van der Waals surface area contributed by atoms with Gasteiger partial charge < -0.3 is 4.90 Å². The lowest BCUT2D eigenvalue weighted by molar-refractivity contribution is -0.139. The van der Waals surface area contributed by atoms with E-state index in [1.165, 1.54) is 4.90 Å². The Bertz CT molecular complexity index is 933. The number of benzene rings is 2. The molecule has 0 radical (unpaired) electrons. The van der Waals surface area contributed by atoms with Gasteiger partial charge in [-0.25, -0.2) is 4.90 Å². The van der Waals surface area contributed by atoms with Crippen molar-refractivity contribution >= 4 is 23.4 Å². The Morgan fingerprint density at radius 1 is 1.03 bits per heavy atom. The molecule has 2 aromatic rings. The summed E-state index contributed by atoms with van der Waals surface area (Å²) >= 11 is 0. The normalized spacial score (nSPS) is 18.9. The Balaban J connectivity index is 1.54.